The van der Waals surface area contributed by atoms with Crippen LogP contribution in [0.5, 0.6) is 0 Å². The van der Waals surface area contributed by atoms with Crippen LogP contribution >= 0.6 is 7.82 Å². The molecule has 0 spiro atoms. The van der Waals surface area contributed by atoms with Crippen molar-refractivity contribution in [1.29, 1.82) is 0 Å². The highest BCUT2D eigenvalue weighted by atomic mass is 31.2. The van der Waals surface area contributed by atoms with Gasteiger partial charge in [0.15, 0.2) is 0 Å². The second-order valence-electron chi connectivity index (χ2n) is 15.0. The van der Waals surface area contributed by atoms with Gasteiger partial charge in [0.05, 0.1) is 39.9 Å². The minimum absolute atomic E-state index is 0.0121. The zero-order valence-electron chi connectivity index (χ0n) is 32.2. The van der Waals surface area contributed by atoms with E-state index in [4.69, 9.17) is 9.05 Å². The van der Waals surface area contributed by atoms with Crippen molar-refractivity contribution in [3.8, 4) is 0 Å². The van der Waals surface area contributed by atoms with Gasteiger partial charge in [-0.25, -0.2) is 0 Å². The first-order chi connectivity index (χ1) is 23.0. The number of hydrogen-bond acceptors (Lipinski definition) is 6. The van der Waals surface area contributed by atoms with Crippen LogP contribution in [0.4, 0.5) is 0 Å². The summed E-state index contributed by atoms with van der Waals surface area (Å²) in [5.41, 5.74) is 0. The van der Waals surface area contributed by atoms with E-state index in [1.54, 1.807) is 0 Å². The van der Waals surface area contributed by atoms with Crippen LogP contribution in [-0.2, 0) is 18.4 Å². The third kappa shape index (κ3) is 33.7. The van der Waals surface area contributed by atoms with Crippen molar-refractivity contribution < 1.29 is 32.9 Å². The topological polar surface area (TPSA) is 108 Å². The first-order valence-electron chi connectivity index (χ1n) is 20.0. The SMILES string of the molecule is CCCCCC/C=C\CCCCCCCC(=O)N[C@@H](COP(=O)([O-])OCC[N+](C)(C)C)[C@H](O)CCCCCCCCCCCCCCC. The van der Waals surface area contributed by atoms with Gasteiger partial charge in [0.1, 0.15) is 13.2 Å². The highest BCUT2D eigenvalue weighted by Gasteiger charge is 2.24. The number of hydrogen-bond donors (Lipinski definition) is 2. The molecular formula is C39H79N2O6P. The van der Waals surface area contributed by atoms with Crippen molar-refractivity contribution in [2.45, 2.75) is 193 Å². The predicted octanol–water partition coefficient (Wildman–Crippen LogP) is 9.78. The quantitative estimate of drug-likeness (QED) is 0.0291. The number of allylic oxidation sites excluding steroid dienone is 2. The largest absolute Gasteiger partial charge is 0.756 e. The number of quaternary nitrogens is 1. The Bertz CT molecular complexity index is 804. The summed E-state index contributed by atoms with van der Waals surface area (Å²) in [5, 5.41) is 13.8. The van der Waals surface area contributed by atoms with Gasteiger partial charge in [-0.15, -0.1) is 0 Å². The second-order valence-corrected chi connectivity index (χ2v) is 16.4. The molecule has 0 fully saturated rings. The first-order valence-corrected chi connectivity index (χ1v) is 21.5. The number of carbonyl (C=O) groups excluding carboxylic acids is 1. The maximum atomic E-state index is 12.8. The Morgan fingerprint density at radius 1 is 0.708 bits per heavy atom. The molecule has 286 valence electrons. The zero-order chi connectivity index (χ0) is 35.8. The van der Waals surface area contributed by atoms with E-state index in [9.17, 15) is 19.4 Å². The normalized spacial score (nSPS) is 14.7. The van der Waals surface area contributed by atoms with Crippen LogP contribution in [0.25, 0.3) is 0 Å². The Morgan fingerprint density at radius 3 is 1.65 bits per heavy atom. The number of rotatable bonds is 36. The zero-order valence-corrected chi connectivity index (χ0v) is 33.1. The van der Waals surface area contributed by atoms with Crippen LogP contribution in [0.1, 0.15) is 181 Å². The van der Waals surface area contributed by atoms with Crippen molar-refractivity contribution in [3.63, 3.8) is 0 Å². The minimum Gasteiger partial charge on any atom is -0.756 e. The average Bonchev–Trinajstić information content (AvgIpc) is 3.02. The number of phosphoric ester groups is 1. The molecule has 1 unspecified atom stereocenters. The monoisotopic (exact) mass is 703 g/mol. The fourth-order valence-electron chi connectivity index (χ4n) is 5.74. The van der Waals surface area contributed by atoms with E-state index >= 15 is 0 Å². The van der Waals surface area contributed by atoms with E-state index in [1.165, 1.54) is 103 Å². The fourth-order valence-corrected chi connectivity index (χ4v) is 6.46. The number of nitrogens with zero attached hydrogens (tertiary/aromatic N) is 1. The summed E-state index contributed by atoms with van der Waals surface area (Å²) in [6.07, 6.45) is 33.4. The molecule has 0 radical (unpaired) electrons. The van der Waals surface area contributed by atoms with Gasteiger partial charge in [0.25, 0.3) is 7.82 Å². The molecule has 0 aromatic rings. The molecule has 48 heavy (non-hydrogen) atoms. The third-order valence-electron chi connectivity index (χ3n) is 9.00. The summed E-state index contributed by atoms with van der Waals surface area (Å²) in [4.78, 5) is 25.2. The molecule has 8 nitrogen and oxygen atoms in total. The smallest absolute Gasteiger partial charge is 0.268 e. The van der Waals surface area contributed by atoms with Crippen molar-refractivity contribution in [2.24, 2.45) is 0 Å². The van der Waals surface area contributed by atoms with E-state index in [1.807, 2.05) is 21.1 Å². The van der Waals surface area contributed by atoms with E-state index in [2.05, 4.69) is 31.3 Å². The number of phosphoric acid groups is 1. The molecule has 0 bridgehead atoms. The van der Waals surface area contributed by atoms with Crippen LogP contribution in [0.2, 0.25) is 0 Å². The summed E-state index contributed by atoms with van der Waals surface area (Å²) in [6, 6.07) is -0.798. The second kappa shape index (κ2) is 32.2. The number of carbonyl (C=O) groups is 1. The Balaban J connectivity index is 4.45. The third-order valence-corrected chi connectivity index (χ3v) is 9.97. The highest BCUT2D eigenvalue weighted by Crippen LogP contribution is 2.38. The van der Waals surface area contributed by atoms with Crippen LogP contribution in [-0.4, -0.2) is 68.5 Å². The Morgan fingerprint density at radius 2 is 1.15 bits per heavy atom. The van der Waals surface area contributed by atoms with Crippen LogP contribution in [0.15, 0.2) is 12.2 Å². The molecule has 2 N–H and O–H groups in total. The molecule has 0 aliphatic carbocycles. The minimum atomic E-state index is -4.55. The Hall–Kier alpha value is -0.760. The number of amides is 1. The van der Waals surface area contributed by atoms with E-state index in [-0.39, 0.29) is 19.1 Å². The van der Waals surface area contributed by atoms with Gasteiger partial charge in [0.2, 0.25) is 5.91 Å². The van der Waals surface area contributed by atoms with Crippen LogP contribution in [0, 0.1) is 0 Å². The van der Waals surface area contributed by atoms with E-state index in [0.29, 0.717) is 23.9 Å². The average molecular weight is 703 g/mol. The maximum Gasteiger partial charge on any atom is 0.268 e. The lowest BCUT2D eigenvalue weighted by molar-refractivity contribution is -0.870. The number of nitrogens with one attached hydrogen (secondary N) is 1. The molecule has 9 heteroatoms. The van der Waals surface area contributed by atoms with Gasteiger partial charge in [-0.05, 0) is 38.5 Å². The van der Waals surface area contributed by atoms with E-state index in [0.717, 1.165) is 51.4 Å². The molecule has 0 aromatic heterocycles. The molecule has 3 atom stereocenters. The molecule has 0 aliphatic heterocycles. The van der Waals surface area contributed by atoms with Crippen LogP contribution in [0.3, 0.4) is 0 Å². The molecule has 0 heterocycles. The predicted molar refractivity (Wildman–Crippen MR) is 201 cm³/mol. The Kier molecular flexibility index (Phi) is 31.7. The van der Waals surface area contributed by atoms with Gasteiger partial charge in [-0.1, -0.05) is 148 Å². The van der Waals surface area contributed by atoms with Gasteiger partial charge in [-0.3, -0.25) is 9.36 Å². The summed E-state index contributed by atoms with van der Waals surface area (Å²) in [5.74, 6) is -0.175. The standard InChI is InChI=1S/C39H79N2O6P/c1-6-8-10-12-14-16-18-20-22-24-26-28-30-32-38(42)37(36-47-48(44,45)46-35-34-41(3,4)5)40-39(43)33-31-29-27-25-23-21-19-17-15-13-11-9-7-2/h17,19,37-38,42H,6-16,18,20-36H2,1-5H3,(H-,40,43,44,45)/b19-17-/t37-,38+/m0/s1. The lowest BCUT2D eigenvalue weighted by Gasteiger charge is -2.30. The maximum absolute atomic E-state index is 12.8. The van der Waals surface area contributed by atoms with Gasteiger partial charge >= 0.3 is 0 Å². The van der Waals surface area contributed by atoms with Gasteiger partial charge in [0, 0.05) is 6.42 Å². The van der Waals surface area contributed by atoms with Gasteiger partial charge < -0.3 is 28.8 Å². The molecule has 0 saturated carbocycles. The number of likely N-dealkylation sites (N-methyl/N-ethyl adjacent to an activating group) is 1. The fraction of sp³-hybridized carbons (Fsp3) is 0.923. The number of aliphatic hydroxyl groups excluding tert-OH is 1. The summed E-state index contributed by atoms with van der Waals surface area (Å²) in [7, 11) is 1.30. The van der Waals surface area contributed by atoms with Crippen molar-refractivity contribution in [3.05, 3.63) is 12.2 Å². The van der Waals surface area contributed by atoms with Crippen LogP contribution < -0.4 is 10.2 Å². The molecule has 0 rings (SSSR count). The molecule has 0 saturated heterocycles. The molecule has 1 amide bonds. The first kappa shape index (κ1) is 47.2. The summed E-state index contributed by atoms with van der Waals surface area (Å²) < 4.78 is 23.2. The van der Waals surface area contributed by atoms with Crippen molar-refractivity contribution >= 4 is 13.7 Å². The van der Waals surface area contributed by atoms with Gasteiger partial charge in [-0.2, -0.15) is 0 Å². The Labute approximate surface area is 297 Å². The lowest BCUT2D eigenvalue weighted by Crippen LogP contribution is -2.46. The molecule has 0 aliphatic rings. The lowest BCUT2D eigenvalue weighted by atomic mass is 10.0. The highest BCUT2D eigenvalue weighted by molar-refractivity contribution is 7.45. The molecular weight excluding hydrogens is 623 g/mol. The van der Waals surface area contributed by atoms with Crippen molar-refractivity contribution in [1.82, 2.24) is 5.32 Å². The summed E-state index contributed by atoms with van der Waals surface area (Å²) >= 11 is 0. The molecule has 0 aromatic carbocycles. The number of aliphatic hydroxyl groups is 1. The van der Waals surface area contributed by atoms with Crippen molar-refractivity contribution in [2.75, 3.05) is 40.9 Å². The number of unbranched alkanes of at least 4 members (excludes halogenated alkanes) is 21. The van der Waals surface area contributed by atoms with E-state index < -0.39 is 20.0 Å². The summed E-state index contributed by atoms with van der Waals surface area (Å²) in [6.45, 7) is 4.68.